The highest BCUT2D eigenvalue weighted by atomic mass is 16.7. The molecule has 11 heteroatoms. The number of amides is 2. The van der Waals surface area contributed by atoms with Gasteiger partial charge in [0, 0.05) is 56.7 Å². The van der Waals surface area contributed by atoms with Crippen LogP contribution in [0.4, 0.5) is 0 Å². The van der Waals surface area contributed by atoms with Crippen molar-refractivity contribution in [1.29, 1.82) is 0 Å². The molecule has 0 spiro atoms. The molecule has 11 nitrogen and oxygen atoms in total. The highest BCUT2D eigenvalue weighted by Crippen LogP contribution is 2.32. The smallest absolute Gasteiger partial charge is 0.286 e. The number of rotatable bonds is 13. The van der Waals surface area contributed by atoms with E-state index < -0.39 is 18.1 Å². The van der Waals surface area contributed by atoms with E-state index in [4.69, 9.17) is 19.3 Å². The molecule has 2 N–H and O–H groups in total. The van der Waals surface area contributed by atoms with Gasteiger partial charge in [-0.2, -0.15) is 0 Å². The summed E-state index contributed by atoms with van der Waals surface area (Å²) in [4.78, 5) is 40.4. The van der Waals surface area contributed by atoms with E-state index in [1.165, 1.54) is 0 Å². The Morgan fingerprint density at radius 3 is 2.69 bits per heavy atom. The predicted octanol–water partition coefficient (Wildman–Crippen LogP) is 1.35. The molecule has 39 heavy (non-hydrogen) atoms. The monoisotopic (exact) mass is 542 g/mol. The molecule has 0 aliphatic carbocycles. The van der Waals surface area contributed by atoms with Crippen LogP contribution in [0.2, 0.25) is 0 Å². The van der Waals surface area contributed by atoms with E-state index in [-0.39, 0.29) is 43.7 Å². The van der Waals surface area contributed by atoms with Crippen molar-refractivity contribution in [3.63, 3.8) is 0 Å². The molecule has 3 heterocycles. The van der Waals surface area contributed by atoms with Gasteiger partial charge in [0.1, 0.15) is 0 Å². The number of carbonyl (C=O) groups is 2. The number of ether oxygens (including phenoxy) is 3. The van der Waals surface area contributed by atoms with E-state index in [1.807, 2.05) is 53.9 Å². The van der Waals surface area contributed by atoms with Gasteiger partial charge in [-0.15, -0.1) is 0 Å². The molecule has 4 rings (SSSR count). The third-order valence-corrected chi connectivity index (χ3v) is 7.08. The quantitative estimate of drug-likeness (QED) is 0.366. The Hall–Kier alpha value is -3.41. The summed E-state index contributed by atoms with van der Waals surface area (Å²) in [7, 11) is 1.83. The lowest BCUT2D eigenvalue weighted by molar-refractivity contribution is -0.151. The number of nitrogens with zero attached hydrogens (tertiary/aromatic N) is 3. The molecule has 212 valence electrons. The lowest BCUT2D eigenvalue weighted by Gasteiger charge is -2.29. The maximum absolute atomic E-state index is 13.6. The van der Waals surface area contributed by atoms with Crippen LogP contribution in [-0.4, -0.2) is 83.5 Å². The zero-order valence-electron chi connectivity index (χ0n) is 22.6. The standard InChI is InChI=1S/C28H38N4O7/c1-20-26(28(36)32(30(20)2)22-8-4-3-5-9-22)21-18-23(39-25(19-21)38-17-16-37-15-14-33)27(35)29-11-7-13-31-12-6-10-24(31)34/h3-5,8-9,18,21,25,33H,6-7,10-17,19H2,1-2H3,(H,29,35). The number of aromatic nitrogens is 2. The molecule has 1 aromatic heterocycles. The van der Waals surface area contributed by atoms with Crippen molar-refractivity contribution in [1.82, 2.24) is 19.6 Å². The fourth-order valence-electron chi connectivity index (χ4n) is 5.04. The second kappa shape index (κ2) is 13.6. The summed E-state index contributed by atoms with van der Waals surface area (Å²) in [6, 6.07) is 9.40. The zero-order chi connectivity index (χ0) is 27.8. The molecule has 2 aromatic rings. The number of hydrogen-bond acceptors (Lipinski definition) is 7. The average Bonchev–Trinajstić information content (AvgIpc) is 3.45. The first kappa shape index (κ1) is 28.6. The van der Waals surface area contributed by atoms with Gasteiger partial charge >= 0.3 is 0 Å². The van der Waals surface area contributed by atoms with Gasteiger partial charge < -0.3 is 29.5 Å². The van der Waals surface area contributed by atoms with Crippen molar-refractivity contribution >= 4 is 11.8 Å². The first-order valence-corrected chi connectivity index (χ1v) is 13.5. The molecule has 1 fully saturated rings. The highest BCUT2D eigenvalue weighted by molar-refractivity contribution is 5.91. The number of hydrogen-bond donors (Lipinski definition) is 2. The van der Waals surface area contributed by atoms with Crippen molar-refractivity contribution in [2.24, 2.45) is 7.05 Å². The van der Waals surface area contributed by atoms with Crippen molar-refractivity contribution in [3.05, 3.63) is 63.8 Å². The summed E-state index contributed by atoms with van der Waals surface area (Å²) in [5, 5.41) is 11.8. The summed E-state index contributed by atoms with van der Waals surface area (Å²) >= 11 is 0. The van der Waals surface area contributed by atoms with E-state index in [0.29, 0.717) is 37.9 Å². The Morgan fingerprint density at radius 2 is 1.97 bits per heavy atom. The summed E-state index contributed by atoms with van der Waals surface area (Å²) in [6.45, 7) is 4.23. The molecule has 2 aliphatic heterocycles. The van der Waals surface area contributed by atoms with Gasteiger partial charge in [-0.3, -0.25) is 19.1 Å². The average molecular weight is 543 g/mol. The number of likely N-dealkylation sites (tertiary alicyclic amines) is 1. The molecular weight excluding hydrogens is 504 g/mol. The molecule has 2 atom stereocenters. The number of allylic oxidation sites excluding steroid dienone is 1. The molecule has 2 unspecified atom stereocenters. The lowest BCUT2D eigenvalue weighted by Crippen LogP contribution is -2.35. The van der Waals surface area contributed by atoms with Gasteiger partial charge in [-0.05, 0) is 38.0 Å². The van der Waals surface area contributed by atoms with Crippen LogP contribution in [0.25, 0.3) is 5.69 Å². The third kappa shape index (κ3) is 6.97. The second-order valence-electron chi connectivity index (χ2n) is 9.70. The first-order chi connectivity index (χ1) is 18.9. The number of aliphatic hydroxyl groups is 1. The Kier molecular flexibility index (Phi) is 9.96. The highest BCUT2D eigenvalue weighted by Gasteiger charge is 2.33. The number of aliphatic hydroxyl groups excluding tert-OH is 1. The van der Waals surface area contributed by atoms with Crippen LogP contribution < -0.4 is 10.9 Å². The molecule has 0 saturated carbocycles. The van der Waals surface area contributed by atoms with E-state index in [2.05, 4.69) is 5.32 Å². The molecule has 1 aromatic carbocycles. The maximum Gasteiger partial charge on any atom is 0.286 e. The summed E-state index contributed by atoms with van der Waals surface area (Å²) in [5.41, 5.74) is 1.95. The number of carbonyl (C=O) groups excluding carboxylic acids is 2. The summed E-state index contributed by atoms with van der Waals surface area (Å²) in [6.07, 6.45) is 3.39. The maximum atomic E-state index is 13.6. The minimum atomic E-state index is -0.759. The largest absolute Gasteiger partial charge is 0.459 e. The number of nitrogens with one attached hydrogen (secondary N) is 1. The Labute approximate surface area is 227 Å². The van der Waals surface area contributed by atoms with Crippen LogP contribution in [0.15, 0.2) is 47.0 Å². The second-order valence-corrected chi connectivity index (χ2v) is 9.70. The van der Waals surface area contributed by atoms with E-state index in [0.717, 1.165) is 24.3 Å². The number of benzene rings is 1. The van der Waals surface area contributed by atoms with E-state index in [1.54, 1.807) is 10.8 Å². The van der Waals surface area contributed by atoms with Gasteiger partial charge in [0.05, 0.1) is 32.1 Å². The van der Waals surface area contributed by atoms with Gasteiger partial charge in [0.15, 0.2) is 5.76 Å². The fraction of sp³-hybridized carbons (Fsp3) is 0.536. The molecule has 2 amide bonds. The third-order valence-electron chi connectivity index (χ3n) is 7.08. The summed E-state index contributed by atoms with van der Waals surface area (Å²) < 4.78 is 20.5. The van der Waals surface area contributed by atoms with E-state index >= 15 is 0 Å². The van der Waals surface area contributed by atoms with Gasteiger partial charge in [-0.1, -0.05) is 18.2 Å². The minimum absolute atomic E-state index is 0.0814. The predicted molar refractivity (Wildman–Crippen MR) is 143 cm³/mol. The minimum Gasteiger partial charge on any atom is -0.459 e. The SMILES string of the molecule is Cc1c(C2C=C(C(=O)NCCCN3CCCC3=O)OC(OCCOCCO)C2)c(=O)n(-c2ccccc2)n1C. The van der Waals surface area contributed by atoms with E-state index in [9.17, 15) is 14.4 Å². The summed E-state index contributed by atoms with van der Waals surface area (Å²) in [5.74, 6) is -0.549. The van der Waals surface area contributed by atoms with Crippen LogP contribution in [0, 0.1) is 6.92 Å². The van der Waals surface area contributed by atoms with Crippen molar-refractivity contribution < 1.29 is 28.9 Å². The van der Waals surface area contributed by atoms with Crippen molar-refractivity contribution in [2.75, 3.05) is 46.1 Å². The van der Waals surface area contributed by atoms with Crippen LogP contribution in [0.3, 0.4) is 0 Å². The first-order valence-electron chi connectivity index (χ1n) is 13.5. The van der Waals surface area contributed by atoms with Crippen molar-refractivity contribution in [3.8, 4) is 5.69 Å². The molecule has 0 radical (unpaired) electrons. The Morgan fingerprint density at radius 1 is 1.18 bits per heavy atom. The van der Waals surface area contributed by atoms with Crippen LogP contribution in [0.5, 0.6) is 0 Å². The van der Waals surface area contributed by atoms with Crippen LogP contribution in [0.1, 0.15) is 42.9 Å². The Balaban J connectivity index is 1.50. The molecule has 1 saturated heterocycles. The van der Waals surface area contributed by atoms with Gasteiger partial charge in [0.25, 0.3) is 11.5 Å². The van der Waals surface area contributed by atoms with Gasteiger partial charge in [-0.25, -0.2) is 4.68 Å². The van der Waals surface area contributed by atoms with Gasteiger partial charge in [0.2, 0.25) is 12.2 Å². The molecule has 2 aliphatic rings. The topological polar surface area (TPSA) is 124 Å². The van der Waals surface area contributed by atoms with Crippen molar-refractivity contribution in [2.45, 2.75) is 44.8 Å². The van der Waals surface area contributed by atoms with Crippen LogP contribution >= 0.6 is 0 Å². The van der Waals surface area contributed by atoms with Crippen LogP contribution in [-0.2, 0) is 30.8 Å². The normalized spacial score (nSPS) is 19.2. The lowest BCUT2D eigenvalue weighted by atomic mass is 9.93. The fourth-order valence-corrected chi connectivity index (χ4v) is 5.04. The molecular formula is C28H38N4O7. The molecule has 0 bridgehead atoms. The Bertz CT molecular complexity index is 1220. The zero-order valence-corrected chi connectivity index (χ0v) is 22.6. The number of para-hydroxylation sites is 1.